The van der Waals surface area contributed by atoms with Crippen molar-refractivity contribution in [3.05, 3.63) is 35.4 Å². The van der Waals surface area contributed by atoms with Gasteiger partial charge in [-0.2, -0.15) is 5.26 Å². The first kappa shape index (κ1) is 12.9. The smallest absolute Gasteiger partial charge is 0.236 e. The molecule has 1 heterocycles. The lowest BCUT2D eigenvalue weighted by atomic mass is 9.84. The number of carbonyl (C=O) groups excluding carboxylic acids is 2. The van der Waals surface area contributed by atoms with Crippen LogP contribution >= 0.6 is 0 Å². The Balaban J connectivity index is 1.86. The average molecular weight is 268 g/mol. The molecule has 1 aliphatic carbocycles. The zero-order valence-electron chi connectivity index (χ0n) is 11.3. The molecule has 20 heavy (non-hydrogen) atoms. The first-order valence-electron chi connectivity index (χ1n) is 6.99. The Labute approximate surface area is 118 Å². The van der Waals surface area contributed by atoms with Gasteiger partial charge in [0.1, 0.15) is 0 Å². The molecule has 0 aromatic heterocycles. The highest BCUT2D eigenvalue weighted by atomic mass is 16.2. The van der Waals surface area contributed by atoms with Crippen LogP contribution in [0.25, 0.3) is 0 Å². The maximum atomic E-state index is 12.6. The molecule has 1 aromatic rings. The van der Waals surface area contributed by atoms with Gasteiger partial charge in [0.2, 0.25) is 11.8 Å². The van der Waals surface area contributed by atoms with Crippen LogP contribution in [0.4, 0.5) is 0 Å². The highest BCUT2D eigenvalue weighted by Crippen LogP contribution is 2.47. The van der Waals surface area contributed by atoms with Crippen LogP contribution in [0.1, 0.15) is 43.2 Å². The monoisotopic (exact) mass is 268 g/mol. The fraction of sp³-hybridized carbons (Fsp3) is 0.438. The van der Waals surface area contributed by atoms with E-state index in [1.54, 1.807) is 18.2 Å². The Morgan fingerprint density at radius 1 is 1.20 bits per heavy atom. The summed E-state index contributed by atoms with van der Waals surface area (Å²) in [6, 6.07) is 9.24. The Kier molecular flexibility index (Phi) is 3.06. The lowest BCUT2D eigenvalue weighted by Gasteiger charge is -2.21. The Bertz CT molecular complexity index is 609. The summed E-state index contributed by atoms with van der Waals surface area (Å²) in [4.78, 5) is 26.1. The third-order valence-corrected chi connectivity index (χ3v) is 4.52. The van der Waals surface area contributed by atoms with Crippen molar-refractivity contribution in [3.63, 3.8) is 0 Å². The Morgan fingerprint density at radius 2 is 1.90 bits per heavy atom. The van der Waals surface area contributed by atoms with E-state index in [2.05, 4.69) is 6.07 Å². The molecule has 102 valence electrons. The first-order valence-corrected chi connectivity index (χ1v) is 6.99. The zero-order valence-corrected chi connectivity index (χ0v) is 11.3. The van der Waals surface area contributed by atoms with E-state index in [1.807, 2.05) is 6.07 Å². The molecule has 1 aliphatic heterocycles. The van der Waals surface area contributed by atoms with Crippen LogP contribution in [0.5, 0.6) is 0 Å². The standard InChI is InChI=1S/C16H16N2O2/c17-10-12-5-1-2-6-13(12)11-18-14(19)9-16(15(18)20)7-3-4-8-16/h1-2,5-6H,3-4,7-9,11H2. The van der Waals surface area contributed by atoms with E-state index in [4.69, 9.17) is 5.26 Å². The summed E-state index contributed by atoms with van der Waals surface area (Å²) in [6.45, 7) is 0.225. The number of hydrogen-bond donors (Lipinski definition) is 0. The molecule has 0 bridgehead atoms. The summed E-state index contributed by atoms with van der Waals surface area (Å²) >= 11 is 0. The molecule has 4 nitrogen and oxygen atoms in total. The van der Waals surface area contributed by atoms with Crippen molar-refractivity contribution in [2.45, 2.75) is 38.6 Å². The van der Waals surface area contributed by atoms with Gasteiger partial charge in [0, 0.05) is 6.42 Å². The van der Waals surface area contributed by atoms with Gasteiger partial charge in [0.05, 0.1) is 23.6 Å². The molecule has 2 fully saturated rings. The molecule has 1 spiro atoms. The lowest BCUT2D eigenvalue weighted by Crippen LogP contribution is -2.34. The largest absolute Gasteiger partial charge is 0.278 e. The maximum Gasteiger partial charge on any atom is 0.236 e. The van der Waals surface area contributed by atoms with Gasteiger partial charge in [-0.25, -0.2) is 0 Å². The van der Waals surface area contributed by atoms with Crippen LogP contribution in [0, 0.1) is 16.7 Å². The number of carbonyl (C=O) groups is 2. The number of hydrogen-bond acceptors (Lipinski definition) is 3. The van der Waals surface area contributed by atoms with Crippen molar-refractivity contribution in [1.82, 2.24) is 4.90 Å². The fourth-order valence-corrected chi connectivity index (χ4v) is 3.40. The molecule has 0 atom stereocenters. The second-order valence-corrected chi connectivity index (χ2v) is 5.72. The Hall–Kier alpha value is -2.15. The summed E-state index contributed by atoms with van der Waals surface area (Å²) in [5.74, 6) is -0.127. The van der Waals surface area contributed by atoms with Gasteiger partial charge < -0.3 is 0 Å². The third-order valence-electron chi connectivity index (χ3n) is 4.52. The van der Waals surface area contributed by atoms with Crippen LogP contribution in [0.15, 0.2) is 24.3 Å². The molecule has 1 saturated heterocycles. The van der Waals surface area contributed by atoms with Gasteiger partial charge in [0.25, 0.3) is 0 Å². The normalized spacial score (nSPS) is 20.6. The zero-order chi connectivity index (χ0) is 14.2. The molecule has 3 rings (SSSR count). The molecule has 2 aliphatic rings. The van der Waals surface area contributed by atoms with Crippen molar-refractivity contribution in [1.29, 1.82) is 5.26 Å². The van der Waals surface area contributed by atoms with Crippen LogP contribution in [-0.4, -0.2) is 16.7 Å². The van der Waals surface area contributed by atoms with E-state index in [9.17, 15) is 9.59 Å². The van der Waals surface area contributed by atoms with E-state index in [1.165, 1.54) is 4.90 Å². The molecule has 0 radical (unpaired) electrons. The van der Waals surface area contributed by atoms with Gasteiger partial charge in [-0.15, -0.1) is 0 Å². The summed E-state index contributed by atoms with van der Waals surface area (Å²) in [5, 5.41) is 9.09. The van der Waals surface area contributed by atoms with Crippen LogP contribution in [0.2, 0.25) is 0 Å². The van der Waals surface area contributed by atoms with Crippen molar-refractivity contribution in [2.75, 3.05) is 0 Å². The Morgan fingerprint density at radius 3 is 2.60 bits per heavy atom. The van der Waals surface area contributed by atoms with Gasteiger partial charge in [0.15, 0.2) is 0 Å². The molecule has 0 unspecified atom stereocenters. The van der Waals surface area contributed by atoms with Gasteiger partial charge >= 0.3 is 0 Å². The number of imide groups is 1. The van der Waals surface area contributed by atoms with Crippen molar-refractivity contribution in [3.8, 4) is 6.07 Å². The van der Waals surface area contributed by atoms with Crippen LogP contribution < -0.4 is 0 Å². The molecule has 1 saturated carbocycles. The van der Waals surface area contributed by atoms with Gasteiger partial charge in [-0.1, -0.05) is 31.0 Å². The van der Waals surface area contributed by atoms with Gasteiger partial charge in [-0.3, -0.25) is 14.5 Å². The van der Waals surface area contributed by atoms with E-state index < -0.39 is 5.41 Å². The number of likely N-dealkylation sites (tertiary alicyclic amines) is 1. The van der Waals surface area contributed by atoms with Crippen LogP contribution in [-0.2, 0) is 16.1 Å². The molecule has 2 amide bonds. The minimum atomic E-state index is -0.432. The second-order valence-electron chi connectivity index (χ2n) is 5.72. The van der Waals surface area contributed by atoms with Gasteiger partial charge in [-0.05, 0) is 24.5 Å². The third kappa shape index (κ3) is 1.90. The SMILES string of the molecule is N#Cc1ccccc1CN1C(=O)CC2(CCCC2)C1=O. The predicted molar refractivity (Wildman–Crippen MR) is 72.2 cm³/mol. The number of nitrogens with zero attached hydrogens (tertiary/aromatic N) is 2. The fourth-order valence-electron chi connectivity index (χ4n) is 3.40. The topological polar surface area (TPSA) is 61.2 Å². The number of benzene rings is 1. The molecule has 1 aromatic carbocycles. The highest BCUT2D eigenvalue weighted by Gasteiger charge is 2.52. The maximum absolute atomic E-state index is 12.6. The van der Waals surface area contributed by atoms with E-state index in [0.717, 1.165) is 31.2 Å². The summed E-state index contributed by atoms with van der Waals surface area (Å²) in [7, 11) is 0. The molecular weight excluding hydrogens is 252 g/mol. The minimum absolute atomic E-state index is 0.0345. The summed E-state index contributed by atoms with van der Waals surface area (Å²) in [6.07, 6.45) is 4.06. The van der Waals surface area contributed by atoms with Crippen molar-refractivity contribution in [2.24, 2.45) is 5.41 Å². The number of amides is 2. The number of nitriles is 1. The quantitative estimate of drug-likeness (QED) is 0.774. The second kappa shape index (κ2) is 4.75. The average Bonchev–Trinajstić information content (AvgIpc) is 3.01. The van der Waals surface area contributed by atoms with E-state index in [0.29, 0.717) is 12.0 Å². The first-order chi connectivity index (χ1) is 9.66. The molecular formula is C16H16N2O2. The van der Waals surface area contributed by atoms with Crippen molar-refractivity contribution >= 4 is 11.8 Å². The molecule has 4 heteroatoms. The summed E-state index contributed by atoms with van der Waals surface area (Å²) < 4.78 is 0. The van der Waals surface area contributed by atoms with E-state index >= 15 is 0 Å². The predicted octanol–water partition coefficient (Wildman–Crippen LogP) is 2.38. The number of rotatable bonds is 2. The molecule has 0 N–H and O–H groups in total. The van der Waals surface area contributed by atoms with Crippen LogP contribution in [0.3, 0.4) is 0 Å². The van der Waals surface area contributed by atoms with E-state index in [-0.39, 0.29) is 18.4 Å². The highest BCUT2D eigenvalue weighted by molar-refractivity contribution is 6.06. The summed E-state index contributed by atoms with van der Waals surface area (Å²) in [5.41, 5.74) is 0.839. The lowest BCUT2D eigenvalue weighted by molar-refractivity contribution is -0.142. The minimum Gasteiger partial charge on any atom is -0.278 e. The van der Waals surface area contributed by atoms with Crippen molar-refractivity contribution < 1.29 is 9.59 Å².